The number of hydrogen-bond donors (Lipinski definition) is 2. The molecule has 0 unspecified atom stereocenters. The fourth-order valence-corrected chi connectivity index (χ4v) is 2.81. The third-order valence-electron chi connectivity index (χ3n) is 2.22. The zero-order valence-electron chi connectivity index (χ0n) is 9.47. The summed E-state index contributed by atoms with van der Waals surface area (Å²) in [5.41, 5.74) is 0. The van der Waals surface area contributed by atoms with Crippen molar-refractivity contribution in [3.8, 4) is 0 Å². The van der Waals surface area contributed by atoms with Gasteiger partial charge in [0.1, 0.15) is 5.82 Å². The molecule has 0 fully saturated rings. The summed E-state index contributed by atoms with van der Waals surface area (Å²) in [5, 5.41) is 8.81. The topological polar surface area (TPSA) is 86.3 Å². The number of imidazole rings is 1. The Morgan fingerprint density at radius 3 is 2.69 bits per heavy atom. The lowest BCUT2D eigenvalue weighted by Gasteiger charge is -2.18. The molecule has 16 heavy (non-hydrogen) atoms. The molecule has 0 saturated heterocycles. The van der Waals surface area contributed by atoms with Crippen molar-refractivity contribution in [2.24, 2.45) is 0 Å². The first-order valence-corrected chi connectivity index (χ1v) is 6.59. The Balaban J connectivity index is 2.90. The molecular weight excluding hydrogens is 230 g/mol. The van der Waals surface area contributed by atoms with Crippen molar-refractivity contribution in [3.05, 3.63) is 12.0 Å². The summed E-state index contributed by atoms with van der Waals surface area (Å²) >= 11 is 0. The van der Waals surface area contributed by atoms with Crippen LogP contribution in [0.1, 0.15) is 19.2 Å². The Morgan fingerprint density at radius 2 is 2.25 bits per heavy atom. The molecule has 1 rings (SSSR count). The van der Waals surface area contributed by atoms with Gasteiger partial charge in [-0.3, -0.25) is 0 Å². The largest absolute Gasteiger partial charge is 0.396 e. The zero-order valence-corrected chi connectivity index (χ0v) is 10.3. The first kappa shape index (κ1) is 13.1. The van der Waals surface area contributed by atoms with Gasteiger partial charge >= 0.3 is 0 Å². The molecule has 6 nitrogen and oxygen atoms in total. The first-order chi connectivity index (χ1) is 7.52. The lowest BCUT2D eigenvalue weighted by Crippen LogP contribution is -2.32. The number of rotatable bonds is 6. The first-order valence-electron chi connectivity index (χ1n) is 5.15. The molecule has 0 aliphatic carbocycles. The highest BCUT2D eigenvalue weighted by Gasteiger charge is 2.24. The average Bonchev–Trinajstić information content (AvgIpc) is 2.66. The Kier molecular flexibility index (Phi) is 4.45. The van der Waals surface area contributed by atoms with Crippen molar-refractivity contribution in [2.45, 2.75) is 25.3 Å². The molecule has 0 atom stereocenters. The number of aromatic nitrogens is 2. The molecule has 0 spiro atoms. The number of H-pyrrole nitrogens is 1. The minimum Gasteiger partial charge on any atom is -0.396 e. The summed E-state index contributed by atoms with van der Waals surface area (Å²) in [5.74, 6) is 0.566. The average molecular weight is 247 g/mol. The number of aromatic amines is 1. The summed E-state index contributed by atoms with van der Waals surface area (Å²) in [6.45, 7) is 4.13. The van der Waals surface area contributed by atoms with Crippen molar-refractivity contribution in [1.82, 2.24) is 14.3 Å². The summed E-state index contributed by atoms with van der Waals surface area (Å²) in [6.07, 6.45) is 1.74. The van der Waals surface area contributed by atoms with E-state index in [9.17, 15) is 8.42 Å². The molecule has 0 aromatic carbocycles. The van der Waals surface area contributed by atoms with Crippen LogP contribution in [0.4, 0.5) is 0 Å². The maximum Gasteiger partial charge on any atom is 0.260 e. The van der Waals surface area contributed by atoms with Crippen molar-refractivity contribution in [2.75, 3.05) is 19.7 Å². The fourth-order valence-electron chi connectivity index (χ4n) is 1.36. The highest BCUT2D eigenvalue weighted by molar-refractivity contribution is 7.89. The van der Waals surface area contributed by atoms with Crippen LogP contribution >= 0.6 is 0 Å². The zero-order chi connectivity index (χ0) is 12.2. The van der Waals surface area contributed by atoms with Gasteiger partial charge in [-0.2, -0.15) is 4.31 Å². The molecule has 0 amide bonds. The number of nitrogens with zero attached hydrogens (tertiary/aromatic N) is 2. The van der Waals surface area contributed by atoms with E-state index in [1.807, 2.05) is 0 Å². The van der Waals surface area contributed by atoms with Crippen molar-refractivity contribution < 1.29 is 13.5 Å². The van der Waals surface area contributed by atoms with Gasteiger partial charge in [-0.15, -0.1) is 0 Å². The van der Waals surface area contributed by atoms with Gasteiger partial charge in [0.05, 0.1) is 6.20 Å². The monoisotopic (exact) mass is 247 g/mol. The number of sulfonamides is 1. The lowest BCUT2D eigenvalue weighted by atomic mass is 10.4. The highest BCUT2D eigenvalue weighted by atomic mass is 32.2. The van der Waals surface area contributed by atoms with Crippen LogP contribution < -0.4 is 0 Å². The van der Waals surface area contributed by atoms with E-state index < -0.39 is 10.0 Å². The molecule has 0 saturated carbocycles. The van der Waals surface area contributed by atoms with E-state index in [0.717, 1.165) is 0 Å². The molecule has 7 heteroatoms. The maximum atomic E-state index is 12.1. The third kappa shape index (κ3) is 2.81. The van der Waals surface area contributed by atoms with Crippen molar-refractivity contribution in [1.29, 1.82) is 0 Å². The Bertz CT molecular complexity index is 427. The second kappa shape index (κ2) is 5.42. The van der Waals surface area contributed by atoms with Crippen LogP contribution in [0.15, 0.2) is 11.2 Å². The van der Waals surface area contributed by atoms with Gasteiger partial charge in [0.15, 0.2) is 5.03 Å². The second-order valence-electron chi connectivity index (χ2n) is 3.41. The standard InChI is InChI=1S/C9H17N3O3S/c1-3-12(5-4-6-13)16(14,15)9-7-10-8(2)11-9/h7,13H,3-6H2,1-2H3,(H,10,11). The van der Waals surface area contributed by atoms with Gasteiger partial charge in [0.2, 0.25) is 0 Å². The fraction of sp³-hybridized carbons (Fsp3) is 0.667. The van der Waals surface area contributed by atoms with Crippen LogP contribution in [0.25, 0.3) is 0 Å². The lowest BCUT2D eigenvalue weighted by molar-refractivity contribution is 0.271. The molecule has 1 aromatic rings. The summed E-state index contributed by atoms with van der Waals surface area (Å²) in [6, 6.07) is 0. The van der Waals surface area contributed by atoms with Gasteiger partial charge in [0.25, 0.3) is 10.0 Å². The van der Waals surface area contributed by atoms with Crippen LogP contribution in [0.3, 0.4) is 0 Å². The highest BCUT2D eigenvalue weighted by Crippen LogP contribution is 2.13. The molecule has 0 bridgehead atoms. The summed E-state index contributed by atoms with van der Waals surface area (Å²) in [7, 11) is -3.50. The molecule has 1 aromatic heterocycles. The number of hydrogen-bond acceptors (Lipinski definition) is 4. The molecule has 0 radical (unpaired) electrons. The predicted octanol–water partition coefficient (Wildman–Crippen LogP) is 0.111. The van der Waals surface area contributed by atoms with Crippen LogP contribution in [-0.4, -0.2) is 47.5 Å². The van der Waals surface area contributed by atoms with E-state index in [-0.39, 0.29) is 11.6 Å². The Labute approximate surface area is 95.4 Å². The van der Waals surface area contributed by atoms with Gasteiger partial charge in [-0.1, -0.05) is 6.92 Å². The number of aliphatic hydroxyl groups is 1. The van der Waals surface area contributed by atoms with E-state index in [4.69, 9.17) is 5.11 Å². The van der Waals surface area contributed by atoms with Crippen molar-refractivity contribution in [3.63, 3.8) is 0 Å². The smallest absolute Gasteiger partial charge is 0.260 e. The third-order valence-corrected chi connectivity index (χ3v) is 4.10. The Morgan fingerprint density at radius 1 is 1.56 bits per heavy atom. The van der Waals surface area contributed by atoms with E-state index in [1.165, 1.54) is 10.5 Å². The molecule has 2 N–H and O–H groups in total. The van der Waals surface area contributed by atoms with Crippen LogP contribution in [-0.2, 0) is 10.0 Å². The van der Waals surface area contributed by atoms with Gasteiger partial charge < -0.3 is 10.1 Å². The molecule has 0 aliphatic rings. The minimum absolute atomic E-state index is 0.0198. The van der Waals surface area contributed by atoms with Gasteiger partial charge in [-0.25, -0.2) is 13.4 Å². The second-order valence-corrected chi connectivity index (χ2v) is 5.31. The number of aliphatic hydroxyl groups excluding tert-OH is 1. The van der Waals surface area contributed by atoms with E-state index in [1.54, 1.807) is 13.8 Å². The van der Waals surface area contributed by atoms with E-state index >= 15 is 0 Å². The summed E-state index contributed by atoms with van der Waals surface area (Å²) in [4.78, 5) is 6.57. The van der Waals surface area contributed by atoms with Crippen molar-refractivity contribution >= 4 is 10.0 Å². The summed E-state index contributed by atoms with van der Waals surface area (Å²) < 4.78 is 25.4. The minimum atomic E-state index is -3.50. The van der Waals surface area contributed by atoms with Crippen LogP contribution in [0.2, 0.25) is 0 Å². The molecular formula is C9H17N3O3S. The maximum absolute atomic E-state index is 12.1. The van der Waals surface area contributed by atoms with E-state index in [2.05, 4.69) is 9.97 Å². The van der Waals surface area contributed by atoms with Gasteiger partial charge in [0, 0.05) is 19.7 Å². The molecule has 1 heterocycles. The van der Waals surface area contributed by atoms with Crippen LogP contribution in [0, 0.1) is 6.92 Å². The normalized spacial score (nSPS) is 12.2. The quantitative estimate of drug-likeness (QED) is 0.747. The molecule has 92 valence electrons. The SMILES string of the molecule is CCN(CCCO)S(=O)(=O)c1cnc(C)[nH]1. The van der Waals surface area contributed by atoms with E-state index in [0.29, 0.717) is 25.3 Å². The number of aryl methyl sites for hydroxylation is 1. The van der Waals surface area contributed by atoms with Gasteiger partial charge in [-0.05, 0) is 13.3 Å². The Hall–Kier alpha value is -0.920. The number of nitrogens with one attached hydrogen (secondary N) is 1. The molecule has 0 aliphatic heterocycles. The van der Waals surface area contributed by atoms with Crippen LogP contribution in [0.5, 0.6) is 0 Å². The predicted molar refractivity (Wildman–Crippen MR) is 59.5 cm³/mol.